The predicted octanol–water partition coefficient (Wildman–Crippen LogP) is 3.63. The van der Waals surface area contributed by atoms with Crippen molar-refractivity contribution in [3.63, 3.8) is 0 Å². The fourth-order valence-corrected chi connectivity index (χ4v) is 2.79. The number of hydrazone groups is 1. The van der Waals surface area contributed by atoms with Crippen LogP contribution >= 0.6 is 0 Å². The summed E-state index contributed by atoms with van der Waals surface area (Å²) in [7, 11) is 4.70. The number of rotatable bonds is 6. The highest BCUT2D eigenvalue weighted by Gasteiger charge is 2.10. The zero-order chi connectivity index (χ0) is 19.2. The standard InChI is InChI=1S/C21H20N2O4/c1-25-18-10-9-15(16-6-4-5-7-17(16)18)13-22-23-21(24)14-8-11-19(26-2)20(12-14)27-3/h4-13H,1-3H3,(H,23,24). The van der Waals surface area contributed by atoms with E-state index in [1.165, 1.54) is 7.11 Å². The molecule has 0 aliphatic carbocycles. The number of benzene rings is 3. The van der Waals surface area contributed by atoms with E-state index in [4.69, 9.17) is 14.2 Å². The minimum atomic E-state index is -0.343. The van der Waals surface area contributed by atoms with Crippen molar-refractivity contribution in [2.24, 2.45) is 5.10 Å². The molecule has 0 aliphatic rings. The highest BCUT2D eigenvalue weighted by Crippen LogP contribution is 2.28. The van der Waals surface area contributed by atoms with Gasteiger partial charge in [0.2, 0.25) is 0 Å². The Morgan fingerprint density at radius 2 is 1.52 bits per heavy atom. The maximum absolute atomic E-state index is 12.3. The molecule has 0 aromatic heterocycles. The molecule has 0 heterocycles. The van der Waals surface area contributed by atoms with Crippen LogP contribution in [0.15, 0.2) is 59.7 Å². The molecule has 3 aromatic rings. The Hall–Kier alpha value is -3.54. The second-order valence-electron chi connectivity index (χ2n) is 5.67. The minimum Gasteiger partial charge on any atom is -0.496 e. The number of nitrogens with zero attached hydrogens (tertiary/aromatic N) is 1. The summed E-state index contributed by atoms with van der Waals surface area (Å²) in [6.45, 7) is 0. The molecule has 0 fully saturated rings. The van der Waals surface area contributed by atoms with Crippen molar-refractivity contribution >= 4 is 22.9 Å². The number of methoxy groups -OCH3 is 3. The third-order valence-electron chi connectivity index (χ3n) is 4.15. The van der Waals surface area contributed by atoms with Gasteiger partial charge in [-0.05, 0) is 35.7 Å². The fourth-order valence-electron chi connectivity index (χ4n) is 2.79. The molecule has 0 atom stereocenters. The van der Waals surface area contributed by atoms with E-state index < -0.39 is 0 Å². The zero-order valence-corrected chi connectivity index (χ0v) is 15.4. The molecule has 3 aromatic carbocycles. The molecule has 138 valence electrons. The second kappa shape index (κ2) is 8.23. The van der Waals surface area contributed by atoms with Crippen LogP contribution in [0.4, 0.5) is 0 Å². The van der Waals surface area contributed by atoms with Gasteiger partial charge in [-0.2, -0.15) is 5.10 Å². The molecule has 27 heavy (non-hydrogen) atoms. The van der Waals surface area contributed by atoms with Gasteiger partial charge in [0.15, 0.2) is 11.5 Å². The summed E-state index contributed by atoms with van der Waals surface area (Å²) in [6.07, 6.45) is 1.61. The van der Waals surface area contributed by atoms with Crippen LogP contribution < -0.4 is 19.6 Å². The van der Waals surface area contributed by atoms with Gasteiger partial charge in [0.1, 0.15) is 5.75 Å². The number of hydrogen-bond acceptors (Lipinski definition) is 5. The Bertz CT molecular complexity index is 999. The van der Waals surface area contributed by atoms with Crippen molar-refractivity contribution in [1.82, 2.24) is 5.43 Å². The molecule has 0 radical (unpaired) electrons. The Balaban J connectivity index is 1.80. The van der Waals surface area contributed by atoms with Gasteiger partial charge in [-0.3, -0.25) is 4.79 Å². The highest BCUT2D eigenvalue weighted by molar-refractivity contribution is 6.03. The van der Waals surface area contributed by atoms with Crippen molar-refractivity contribution < 1.29 is 19.0 Å². The van der Waals surface area contributed by atoms with Gasteiger partial charge in [0, 0.05) is 16.5 Å². The van der Waals surface area contributed by atoms with Gasteiger partial charge >= 0.3 is 0 Å². The molecular formula is C21H20N2O4. The molecule has 1 amide bonds. The monoisotopic (exact) mass is 364 g/mol. The third-order valence-corrected chi connectivity index (χ3v) is 4.15. The van der Waals surface area contributed by atoms with E-state index in [-0.39, 0.29) is 5.91 Å². The summed E-state index contributed by atoms with van der Waals surface area (Å²) in [5.41, 5.74) is 3.83. The first kappa shape index (κ1) is 18.3. The lowest BCUT2D eigenvalue weighted by Gasteiger charge is -2.09. The van der Waals surface area contributed by atoms with Crippen molar-refractivity contribution in [3.05, 3.63) is 65.7 Å². The van der Waals surface area contributed by atoms with Crippen LogP contribution in [0.25, 0.3) is 10.8 Å². The topological polar surface area (TPSA) is 69.2 Å². The number of carbonyl (C=O) groups excluding carboxylic acids is 1. The summed E-state index contributed by atoms with van der Waals surface area (Å²) in [5.74, 6) is 1.49. The molecular weight excluding hydrogens is 344 g/mol. The summed E-state index contributed by atoms with van der Waals surface area (Å²) in [6, 6.07) is 16.6. The molecule has 3 rings (SSSR count). The quantitative estimate of drug-likeness (QED) is 0.536. The first-order chi connectivity index (χ1) is 13.2. The maximum Gasteiger partial charge on any atom is 0.271 e. The van der Waals surface area contributed by atoms with E-state index >= 15 is 0 Å². The number of fused-ring (bicyclic) bond motifs is 1. The number of hydrogen-bond donors (Lipinski definition) is 1. The van der Waals surface area contributed by atoms with E-state index in [1.807, 2.05) is 36.4 Å². The van der Waals surface area contributed by atoms with Crippen molar-refractivity contribution in [2.75, 3.05) is 21.3 Å². The molecule has 0 aliphatic heterocycles. The van der Waals surface area contributed by atoms with Gasteiger partial charge < -0.3 is 14.2 Å². The normalized spacial score (nSPS) is 10.8. The van der Waals surface area contributed by atoms with Crippen LogP contribution in [0.1, 0.15) is 15.9 Å². The Morgan fingerprint density at radius 1 is 0.852 bits per heavy atom. The van der Waals surface area contributed by atoms with E-state index in [0.29, 0.717) is 17.1 Å². The van der Waals surface area contributed by atoms with E-state index in [1.54, 1.807) is 38.6 Å². The summed E-state index contributed by atoms with van der Waals surface area (Å²) < 4.78 is 15.8. The van der Waals surface area contributed by atoms with Gasteiger partial charge in [-0.25, -0.2) is 5.43 Å². The number of ether oxygens (including phenoxy) is 3. The van der Waals surface area contributed by atoms with Crippen LogP contribution in [0, 0.1) is 0 Å². The largest absolute Gasteiger partial charge is 0.496 e. The van der Waals surface area contributed by atoms with Gasteiger partial charge in [0.25, 0.3) is 5.91 Å². The summed E-state index contributed by atoms with van der Waals surface area (Å²) >= 11 is 0. The van der Waals surface area contributed by atoms with Gasteiger partial charge in [0.05, 0.1) is 27.5 Å². The van der Waals surface area contributed by atoms with Crippen LogP contribution in [0.3, 0.4) is 0 Å². The second-order valence-corrected chi connectivity index (χ2v) is 5.67. The lowest BCUT2D eigenvalue weighted by molar-refractivity contribution is 0.0954. The molecule has 1 N–H and O–H groups in total. The Morgan fingerprint density at radius 3 is 2.22 bits per heavy atom. The van der Waals surface area contributed by atoms with Crippen LogP contribution in [-0.4, -0.2) is 33.5 Å². The van der Waals surface area contributed by atoms with Crippen molar-refractivity contribution in [3.8, 4) is 17.2 Å². The molecule has 0 saturated heterocycles. The lowest BCUT2D eigenvalue weighted by Crippen LogP contribution is -2.17. The summed E-state index contributed by atoms with van der Waals surface area (Å²) in [5, 5.41) is 6.05. The lowest BCUT2D eigenvalue weighted by atomic mass is 10.0. The predicted molar refractivity (Wildman–Crippen MR) is 105 cm³/mol. The Kier molecular flexibility index (Phi) is 5.56. The molecule has 0 spiro atoms. The number of amides is 1. The van der Waals surface area contributed by atoms with Crippen LogP contribution in [-0.2, 0) is 0 Å². The molecule has 0 bridgehead atoms. The molecule has 6 heteroatoms. The van der Waals surface area contributed by atoms with Crippen LogP contribution in [0.2, 0.25) is 0 Å². The zero-order valence-electron chi connectivity index (χ0n) is 15.4. The summed E-state index contributed by atoms with van der Waals surface area (Å²) in [4.78, 5) is 12.3. The highest BCUT2D eigenvalue weighted by atomic mass is 16.5. The van der Waals surface area contributed by atoms with Gasteiger partial charge in [-0.15, -0.1) is 0 Å². The van der Waals surface area contributed by atoms with Gasteiger partial charge in [-0.1, -0.05) is 24.3 Å². The first-order valence-electron chi connectivity index (χ1n) is 8.29. The molecule has 0 unspecified atom stereocenters. The average molecular weight is 364 g/mol. The smallest absolute Gasteiger partial charge is 0.271 e. The molecule has 0 saturated carbocycles. The number of carbonyl (C=O) groups is 1. The van der Waals surface area contributed by atoms with Crippen LogP contribution in [0.5, 0.6) is 17.2 Å². The minimum absolute atomic E-state index is 0.343. The van der Waals surface area contributed by atoms with E-state index in [2.05, 4.69) is 10.5 Å². The Labute approximate surface area is 157 Å². The average Bonchev–Trinajstić information content (AvgIpc) is 2.73. The van der Waals surface area contributed by atoms with Crippen molar-refractivity contribution in [1.29, 1.82) is 0 Å². The van der Waals surface area contributed by atoms with E-state index in [9.17, 15) is 4.79 Å². The first-order valence-corrected chi connectivity index (χ1v) is 8.29. The fraction of sp³-hybridized carbons (Fsp3) is 0.143. The van der Waals surface area contributed by atoms with E-state index in [0.717, 1.165) is 22.1 Å². The van der Waals surface area contributed by atoms with Crippen molar-refractivity contribution in [2.45, 2.75) is 0 Å². The molecule has 6 nitrogen and oxygen atoms in total. The third kappa shape index (κ3) is 3.84. The number of nitrogens with one attached hydrogen (secondary N) is 1. The SMILES string of the molecule is COc1ccc(C(=O)NN=Cc2ccc(OC)c3ccccc23)cc1OC. The maximum atomic E-state index is 12.3.